The van der Waals surface area contributed by atoms with Crippen LogP contribution in [0.15, 0.2) is 18.3 Å². The maximum absolute atomic E-state index is 8.68. The van der Waals surface area contributed by atoms with Gasteiger partial charge in [-0.05, 0) is 31.5 Å². The van der Waals surface area contributed by atoms with E-state index in [-0.39, 0.29) is 6.10 Å². The van der Waals surface area contributed by atoms with Gasteiger partial charge in [-0.1, -0.05) is 0 Å². The van der Waals surface area contributed by atoms with Gasteiger partial charge in [0.2, 0.25) is 0 Å². The van der Waals surface area contributed by atoms with Crippen LogP contribution in [0.4, 0.5) is 0 Å². The zero-order valence-electron chi connectivity index (χ0n) is 9.64. The summed E-state index contributed by atoms with van der Waals surface area (Å²) in [4.78, 5) is 3.89. The maximum Gasteiger partial charge on any atom is 0.140 e. The van der Waals surface area contributed by atoms with E-state index in [4.69, 9.17) is 14.7 Å². The largest absolute Gasteiger partial charge is 0.379 e. The molecule has 0 saturated heterocycles. The molecule has 86 valence electrons. The number of nitrogens with zero attached hydrogens (tertiary/aromatic N) is 2. The van der Waals surface area contributed by atoms with Gasteiger partial charge in [-0.25, -0.2) is 4.98 Å². The van der Waals surface area contributed by atoms with Crippen molar-refractivity contribution < 1.29 is 9.47 Å². The Morgan fingerprint density at radius 3 is 3.06 bits per heavy atom. The van der Waals surface area contributed by atoms with Crippen LogP contribution in [0, 0.1) is 11.3 Å². The highest BCUT2D eigenvalue weighted by molar-refractivity contribution is 5.24. The van der Waals surface area contributed by atoms with Gasteiger partial charge in [0.05, 0.1) is 19.3 Å². The third-order valence-electron chi connectivity index (χ3n) is 2.03. The van der Waals surface area contributed by atoms with Crippen LogP contribution in [-0.2, 0) is 16.1 Å². The van der Waals surface area contributed by atoms with Crippen molar-refractivity contribution in [2.45, 2.75) is 26.6 Å². The molecule has 0 aromatic carbocycles. The van der Waals surface area contributed by atoms with Gasteiger partial charge in [-0.15, -0.1) is 0 Å². The molecular weight excluding hydrogens is 204 g/mol. The Hall–Kier alpha value is -1.44. The Bertz CT molecular complexity index is 360. The van der Waals surface area contributed by atoms with E-state index in [2.05, 4.69) is 4.98 Å². The van der Waals surface area contributed by atoms with Crippen LogP contribution < -0.4 is 0 Å². The lowest BCUT2D eigenvalue weighted by Gasteiger charge is -2.12. The average Bonchev–Trinajstić information content (AvgIpc) is 2.34. The molecule has 0 amide bonds. The highest BCUT2D eigenvalue weighted by atomic mass is 16.5. The fourth-order valence-corrected chi connectivity index (χ4v) is 1.20. The van der Waals surface area contributed by atoms with E-state index >= 15 is 0 Å². The SMILES string of the molecule is CCOCC(C)OCc1ccnc(C#N)c1. The second-order valence-electron chi connectivity index (χ2n) is 3.44. The van der Waals surface area contributed by atoms with Crippen LogP contribution in [-0.4, -0.2) is 24.3 Å². The normalized spacial score (nSPS) is 12.1. The summed E-state index contributed by atoms with van der Waals surface area (Å²) in [6.45, 7) is 5.68. The molecule has 1 aromatic heterocycles. The number of nitriles is 1. The van der Waals surface area contributed by atoms with Crippen LogP contribution in [0.5, 0.6) is 0 Å². The van der Waals surface area contributed by atoms with Gasteiger partial charge < -0.3 is 9.47 Å². The lowest BCUT2D eigenvalue weighted by atomic mass is 10.2. The molecular formula is C12H16N2O2. The molecule has 1 rings (SSSR count). The fraction of sp³-hybridized carbons (Fsp3) is 0.500. The van der Waals surface area contributed by atoms with Crippen LogP contribution in [0.2, 0.25) is 0 Å². The quantitative estimate of drug-likeness (QED) is 0.734. The van der Waals surface area contributed by atoms with E-state index < -0.39 is 0 Å². The van der Waals surface area contributed by atoms with Gasteiger partial charge in [0.15, 0.2) is 0 Å². The van der Waals surface area contributed by atoms with Crippen LogP contribution in [0.1, 0.15) is 25.1 Å². The number of hydrogen-bond donors (Lipinski definition) is 0. The molecule has 1 atom stereocenters. The highest BCUT2D eigenvalue weighted by Crippen LogP contribution is 2.05. The number of pyridine rings is 1. The number of hydrogen-bond acceptors (Lipinski definition) is 4. The van der Waals surface area contributed by atoms with Crippen LogP contribution in [0.3, 0.4) is 0 Å². The van der Waals surface area contributed by atoms with E-state index in [0.717, 1.165) is 5.56 Å². The van der Waals surface area contributed by atoms with Gasteiger partial charge >= 0.3 is 0 Å². The molecule has 0 saturated carbocycles. The molecule has 0 spiro atoms. The third kappa shape index (κ3) is 4.39. The minimum atomic E-state index is 0.0543. The third-order valence-corrected chi connectivity index (χ3v) is 2.03. The average molecular weight is 220 g/mol. The molecule has 0 fully saturated rings. The number of rotatable bonds is 6. The van der Waals surface area contributed by atoms with Crippen molar-refractivity contribution in [2.24, 2.45) is 0 Å². The van der Waals surface area contributed by atoms with E-state index in [1.165, 1.54) is 0 Å². The zero-order valence-corrected chi connectivity index (χ0v) is 9.64. The molecule has 0 N–H and O–H groups in total. The van der Waals surface area contributed by atoms with E-state index in [1.807, 2.05) is 26.0 Å². The van der Waals surface area contributed by atoms with Crippen molar-refractivity contribution in [1.82, 2.24) is 4.98 Å². The monoisotopic (exact) mass is 220 g/mol. The Labute approximate surface area is 95.8 Å². The highest BCUT2D eigenvalue weighted by Gasteiger charge is 2.03. The predicted molar refractivity (Wildman–Crippen MR) is 59.7 cm³/mol. The minimum absolute atomic E-state index is 0.0543. The summed E-state index contributed by atoms with van der Waals surface area (Å²) in [5.74, 6) is 0. The molecule has 1 unspecified atom stereocenters. The van der Waals surface area contributed by atoms with Crippen LogP contribution in [0.25, 0.3) is 0 Å². The number of ether oxygens (including phenoxy) is 2. The molecule has 4 nitrogen and oxygen atoms in total. The summed E-state index contributed by atoms with van der Waals surface area (Å²) in [5.41, 5.74) is 1.37. The van der Waals surface area contributed by atoms with Crippen LogP contribution >= 0.6 is 0 Å². The van der Waals surface area contributed by atoms with E-state index in [9.17, 15) is 0 Å². The molecule has 0 aliphatic rings. The first-order chi connectivity index (χ1) is 7.76. The van der Waals surface area contributed by atoms with Gasteiger partial charge in [-0.3, -0.25) is 0 Å². The lowest BCUT2D eigenvalue weighted by molar-refractivity contribution is -0.0116. The Balaban J connectivity index is 2.39. The number of aromatic nitrogens is 1. The summed E-state index contributed by atoms with van der Waals surface area (Å²) in [6.07, 6.45) is 1.67. The molecule has 0 bridgehead atoms. The second-order valence-corrected chi connectivity index (χ2v) is 3.44. The smallest absolute Gasteiger partial charge is 0.140 e. The van der Waals surface area contributed by atoms with E-state index in [0.29, 0.717) is 25.5 Å². The van der Waals surface area contributed by atoms with Gasteiger partial charge in [0, 0.05) is 12.8 Å². The van der Waals surface area contributed by atoms with Crippen molar-refractivity contribution in [3.8, 4) is 6.07 Å². The van der Waals surface area contributed by atoms with Gasteiger partial charge in [0.25, 0.3) is 0 Å². The van der Waals surface area contributed by atoms with Gasteiger partial charge in [-0.2, -0.15) is 5.26 Å². The first-order valence-electron chi connectivity index (χ1n) is 5.30. The Morgan fingerprint density at radius 2 is 2.38 bits per heavy atom. The molecule has 0 aliphatic heterocycles. The first kappa shape index (κ1) is 12.6. The molecule has 1 aromatic rings. The lowest BCUT2D eigenvalue weighted by Crippen LogP contribution is -2.15. The Kier molecular flexibility index (Phi) is 5.48. The summed E-state index contributed by atoms with van der Waals surface area (Å²) in [6, 6.07) is 5.57. The second kappa shape index (κ2) is 6.94. The molecule has 4 heteroatoms. The molecule has 16 heavy (non-hydrogen) atoms. The summed E-state index contributed by atoms with van der Waals surface area (Å²) < 4.78 is 10.8. The topological polar surface area (TPSA) is 55.1 Å². The standard InChI is InChI=1S/C12H16N2O2/c1-3-15-8-10(2)16-9-11-4-5-14-12(6-11)7-13/h4-6,10H,3,8-9H2,1-2H3. The zero-order chi connectivity index (χ0) is 11.8. The fourth-order valence-electron chi connectivity index (χ4n) is 1.20. The molecule has 0 aliphatic carbocycles. The van der Waals surface area contributed by atoms with Crippen molar-refractivity contribution in [1.29, 1.82) is 5.26 Å². The molecule has 0 radical (unpaired) electrons. The molecule has 1 heterocycles. The van der Waals surface area contributed by atoms with Crippen molar-refractivity contribution in [3.05, 3.63) is 29.6 Å². The van der Waals surface area contributed by atoms with Crippen molar-refractivity contribution in [2.75, 3.05) is 13.2 Å². The predicted octanol–water partition coefficient (Wildman–Crippen LogP) is 1.89. The minimum Gasteiger partial charge on any atom is -0.379 e. The Morgan fingerprint density at radius 1 is 1.56 bits per heavy atom. The first-order valence-corrected chi connectivity index (χ1v) is 5.30. The maximum atomic E-state index is 8.68. The summed E-state index contributed by atoms with van der Waals surface area (Å²) in [7, 11) is 0. The summed E-state index contributed by atoms with van der Waals surface area (Å²) >= 11 is 0. The van der Waals surface area contributed by atoms with Gasteiger partial charge in [0.1, 0.15) is 11.8 Å². The van der Waals surface area contributed by atoms with Crippen molar-refractivity contribution in [3.63, 3.8) is 0 Å². The summed E-state index contributed by atoms with van der Waals surface area (Å²) in [5, 5.41) is 8.68. The van der Waals surface area contributed by atoms with E-state index in [1.54, 1.807) is 12.3 Å². The van der Waals surface area contributed by atoms with Crippen molar-refractivity contribution >= 4 is 0 Å².